The number of carbonyl (C=O) groups is 2. The Kier molecular flexibility index (Phi) is 6.78. The first kappa shape index (κ1) is 20.7. The molecule has 2 aromatic rings. The van der Waals surface area contributed by atoms with Gasteiger partial charge in [-0.15, -0.1) is 0 Å². The summed E-state index contributed by atoms with van der Waals surface area (Å²) in [5.74, 6) is -0.773. The molecule has 0 fully saturated rings. The highest BCUT2D eigenvalue weighted by Gasteiger charge is 2.26. The van der Waals surface area contributed by atoms with Gasteiger partial charge in [0.05, 0.1) is 0 Å². The van der Waals surface area contributed by atoms with Crippen molar-refractivity contribution in [2.75, 3.05) is 0 Å². The Hall–Kier alpha value is -2.62. The Morgan fingerprint density at radius 2 is 1.56 bits per heavy atom. The molecule has 0 bridgehead atoms. The van der Waals surface area contributed by atoms with Gasteiger partial charge in [-0.25, -0.2) is 4.79 Å². The Morgan fingerprint density at radius 1 is 0.963 bits per heavy atom. The summed E-state index contributed by atoms with van der Waals surface area (Å²) in [5.41, 5.74) is 2.63. The SMILES string of the molecule is CC(C)[C@H](NC(=O)c1ccc(C(C)(C)C)cc1)C(=O)OCc1ccccc1. The fraction of sp³-hybridized carbons (Fsp3) is 0.391. The molecule has 144 valence electrons. The first-order valence-electron chi connectivity index (χ1n) is 9.30. The lowest BCUT2D eigenvalue weighted by atomic mass is 9.86. The fourth-order valence-corrected chi connectivity index (χ4v) is 2.66. The normalized spacial score (nSPS) is 12.5. The number of ether oxygens (including phenoxy) is 1. The molecule has 0 unspecified atom stereocenters. The van der Waals surface area contributed by atoms with Crippen molar-refractivity contribution in [3.8, 4) is 0 Å². The number of nitrogens with one attached hydrogen (secondary N) is 1. The zero-order chi connectivity index (χ0) is 20.0. The van der Waals surface area contributed by atoms with E-state index < -0.39 is 12.0 Å². The van der Waals surface area contributed by atoms with Crippen molar-refractivity contribution in [3.05, 3.63) is 71.3 Å². The van der Waals surface area contributed by atoms with Crippen molar-refractivity contribution < 1.29 is 14.3 Å². The number of hydrogen-bond acceptors (Lipinski definition) is 3. The van der Waals surface area contributed by atoms with Crippen molar-refractivity contribution in [3.63, 3.8) is 0 Å². The van der Waals surface area contributed by atoms with Gasteiger partial charge in [-0.3, -0.25) is 4.79 Å². The van der Waals surface area contributed by atoms with Gasteiger partial charge >= 0.3 is 5.97 Å². The molecule has 4 nitrogen and oxygen atoms in total. The van der Waals surface area contributed by atoms with Crippen LogP contribution < -0.4 is 5.32 Å². The number of benzene rings is 2. The van der Waals surface area contributed by atoms with Crippen molar-refractivity contribution in [1.29, 1.82) is 0 Å². The molecular formula is C23H29NO3. The minimum absolute atomic E-state index is 0.0245. The summed E-state index contributed by atoms with van der Waals surface area (Å²) in [7, 11) is 0. The summed E-state index contributed by atoms with van der Waals surface area (Å²) in [5, 5.41) is 2.81. The third kappa shape index (κ3) is 5.95. The van der Waals surface area contributed by atoms with Crippen LogP contribution in [0.25, 0.3) is 0 Å². The third-order valence-corrected chi connectivity index (χ3v) is 4.44. The zero-order valence-electron chi connectivity index (χ0n) is 16.8. The maximum Gasteiger partial charge on any atom is 0.329 e. The Bertz CT molecular complexity index is 758. The zero-order valence-corrected chi connectivity index (χ0v) is 16.8. The second-order valence-corrected chi connectivity index (χ2v) is 8.12. The summed E-state index contributed by atoms with van der Waals surface area (Å²) < 4.78 is 5.40. The van der Waals surface area contributed by atoms with Gasteiger partial charge in [0.25, 0.3) is 5.91 Å². The van der Waals surface area contributed by atoms with Crippen molar-refractivity contribution in [2.24, 2.45) is 5.92 Å². The third-order valence-electron chi connectivity index (χ3n) is 4.44. The van der Waals surface area contributed by atoms with Crippen molar-refractivity contribution in [1.82, 2.24) is 5.32 Å². The van der Waals surface area contributed by atoms with E-state index in [1.165, 1.54) is 0 Å². The Morgan fingerprint density at radius 3 is 2.07 bits per heavy atom. The van der Waals surface area contributed by atoms with Gasteiger partial charge in [0.1, 0.15) is 12.6 Å². The number of carbonyl (C=O) groups excluding carboxylic acids is 2. The summed E-state index contributed by atoms with van der Waals surface area (Å²) in [6.45, 7) is 10.3. The topological polar surface area (TPSA) is 55.4 Å². The molecule has 1 N–H and O–H groups in total. The van der Waals surface area contributed by atoms with E-state index >= 15 is 0 Å². The molecule has 0 aliphatic rings. The van der Waals surface area contributed by atoms with Gasteiger partial charge in [-0.2, -0.15) is 0 Å². The lowest BCUT2D eigenvalue weighted by Crippen LogP contribution is -2.45. The van der Waals surface area contributed by atoms with Crippen LogP contribution in [0.2, 0.25) is 0 Å². The highest BCUT2D eigenvalue weighted by atomic mass is 16.5. The monoisotopic (exact) mass is 367 g/mol. The Balaban J connectivity index is 2.02. The lowest BCUT2D eigenvalue weighted by Gasteiger charge is -2.22. The average Bonchev–Trinajstić information content (AvgIpc) is 2.64. The van der Waals surface area contributed by atoms with Crippen LogP contribution in [0.5, 0.6) is 0 Å². The first-order chi connectivity index (χ1) is 12.7. The van der Waals surface area contributed by atoms with Gasteiger partial charge in [-0.1, -0.05) is 77.1 Å². The minimum Gasteiger partial charge on any atom is -0.459 e. The van der Waals surface area contributed by atoms with E-state index in [1.807, 2.05) is 56.3 Å². The second kappa shape index (κ2) is 8.85. The summed E-state index contributed by atoms with van der Waals surface area (Å²) in [6, 6.07) is 16.3. The molecule has 1 atom stereocenters. The average molecular weight is 367 g/mol. The number of esters is 1. The largest absolute Gasteiger partial charge is 0.459 e. The maximum atomic E-state index is 12.6. The molecule has 0 spiro atoms. The van der Waals surface area contributed by atoms with Crippen molar-refractivity contribution >= 4 is 11.9 Å². The summed E-state index contributed by atoms with van der Waals surface area (Å²) >= 11 is 0. The lowest BCUT2D eigenvalue weighted by molar-refractivity contribution is -0.148. The molecule has 0 heterocycles. The van der Waals surface area contributed by atoms with Gasteiger partial charge in [0, 0.05) is 5.56 Å². The van der Waals surface area contributed by atoms with E-state index in [0.717, 1.165) is 11.1 Å². The Labute approximate surface area is 161 Å². The quantitative estimate of drug-likeness (QED) is 0.766. The van der Waals surface area contributed by atoms with Crippen LogP contribution in [-0.2, 0) is 21.6 Å². The molecule has 27 heavy (non-hydrogen) atoms. The molecule has 1 amide bonds. The van der Waals surface area contributed by atoms with Crippen LogP contribution >= 0.6 is 0 Å². The van der Waals surface area contributed by atoms with Crippen LogP contribution in [0.3, 0.4) is 0 Å². The first-order valence-corrected chi connectivity index (χ1v) is 9.30. The number of amides is 1. The predicted octanol–water partition coefficient (Wildman–Crippen LogP) is 4.48. The molecule has 0 radical (unpaired) electrons. The van der Waals surface area contributed by atoms with Crippen LogP contribution in [0, 0.1) is 5.92 Å². The van der Waals surface area contributed by atoms with Gasteiger partial charge in [0.15, 0.2) is 0 Å². The van der Waals surface area contributed by atoms with Crippen LogP contribution in [0.4, 0.5) is 0 Å². The van der Waals surface area contributed by atoms with E-state index in [1.54, 1.807) is 12.1 Å². The predicted molar refractivity (Wildman–Crippen MR) is 107 cm³/mol. The summed E-state index contributed by atoms with van der Waals surface area (Å²) in [6.07, 6.45) is 0. The van der Waals surface area contributed by atoms with Gasteiger partial charge in [-0.05, 0) is 34.6 Å². The van der Waals surface area contributed by atoms with Crippen molar-refractivity contribution in [2.45, 2.75) is 52.7 Å². The molecule has 0 aliphatic heterocycles. The molecule has 0 aromatic heterocycles. The fourth-order valence-electron chi connectivity index (χ4n) is 2.66. The molecule has 4 heteroatoms. The van der Waals surface area contributed by atoms with E-state index in [9.17, 15) is 9.59 Å². The van der Waals surface area contributed by atoms with Crippen LogP contribution in [0.15, 0.2) is 54.6 Å². The standard InChI is InChI=1S/C23H29NO3/c1-16(2)20(22(26)27-15-17-9-7-6-8-10-17)24-21(25)18-11-13-19(14-12-18)23(3,4)5/h6-14,16,20H,15H2,1-5H3,(H,24,25)/t20-/m0/s1. The smallest absolute Gasteiger partial charge is 0.329 e. The van der Waals surface area contributed by atoms with Crippen LogP contribution in [-0.4, -0.2) is 17.9 Å². The molecule has 0 saturated heterocycles. The van der Waals surface area contributed by atoms with Gasteiger partial charge < -0.3 is 10.1 Å². The molecule has 2 rings (SSSR count). The number of hydrogen-bond donors (Lipinski definition) is 1. The van der Waals surface area contributed by atoms with E-state index in [2.05, 4.69) is 26.1 Å². The van der Waals surface area contributed by atoms with Gasteiger partial charge in [0.2, 0.25) is 0 Å². The molecule has 0 saturated carbocycles. The molecule has 2 aromatic carbocycles. The molecular weight excluding hydrogens is 338 g/mol. The minimum atomic E-state index is -0.691. The van der Waals surface area contributed by atoms with E-state index in [0.29, 0.717) is 5.56 Å². The second-order valence-electron chi connectivity index (χ2n) is 8.12. The highest BCUT2D eigenvalue weighted by molar-refractivity contribution is 5.96. The van der Waals surface area contributed by atoms with E-state index in [-0.39, 0.29) is 23.8 Å². The maximum absolute atomic E-state index is 12.6. The number of rotatable bonds is 6. The highest BCUT2D eigenvalue weighted by Crippen LogP contribution is 2.22. The van der Waals surface area contributed by atoms with E-state index in [4.69, 9.17) is 4.74 Å². The molecule has 0 aliphatic carbocycles. The van der Waals surface area contributed by atoms with Crippen LogP contribution in [0.1, 0.15) is 56.1 Å². The summed E-state index contributed by atoms with van der Waals surface area (Å²) in [4.78, 5) is 25.1.